The highest BCUT2D eigenvalue weighted by Crippen LogP contribution is 2.27. The van der Waals surface area contributed by atoms with Crippen LogP contribution in [0.3, 0.4) is 0 Å². The molecule has 1 heterocycles. The molecule has 0 saturated heterocycles. The minimum Gasteiger partial charge on any atom is -0.493 e. The van der Waals surface area contributed by atoms with Crippen LogP contribution in [0.4, 0.5) is 0 Å². The van der Waals surface area contributed by atoms with E-state index >= 15 is 0 Å². The number of nitrogens with one attached hydrogen (secondary N) is 1. The molecule has 0 radical (unpaired) electrons. The molecule has 6 nitrogen and oxygen atoms in total. The second-order valence-electron chi connectivity index (χ2n) is 4.59. The number of hydrogen-bond acceptors (Lipinski definition) is 5. The van der Waals surface area contributed by atoms with E-state index in [4.69, 9.17) is 9.47 Å². The van der Waals surface area contributed by atoms with Crippen LogP contribution in [0.1, 0.15) is 24.4 Å². The van der Waals surface area contributed by atoms with Crippen molar-refractivity contribution >= 4 is 0 Å². The van der Waals surface area contributed by atoms with E-state index in [1.54, 1.807) is 20.5 Å². The topological polar surface area (TPSA) is 61.2 Å². The Labute approximate surface area is 118 Å². The molecule has 20 heavy (non-hydrogen) atoms. The van der Waals surface area contributed by atoms with Crippen molar-refractivity contribution in [3.8, 4) is 11.5 Å². The summed E-state index contributed by atoms with van der Waals surface area (Å²) in [7, 11) is 5.20. The van der Waals surface area contributed by atoms with Gasteiger partial charge in [0.2, 0.25) is 0 Å². The normalized spacial score (nSPS) is 12.2. The third kappa shape index (κ3) is 3.08. The summed E-state index contributed by atoms with van der Waals surface area (Å²) < 4.78 is 12.4. The van der Waals surface area contributed by atoms with Gasteiger partial charge in [-0.2, -0.15) is 0 Å². The van der Waals surface area contributed by atoms with Gasteiger partial charge in [-0.15, -0.1) is 10.2 Å². The molecular weight excluding hydrogens is 256 g/mol. The maximum absolute atomic E-state index is 5.30. The molecule has 0 aliphatic carbocycles. The lowest BCUT2D eigenvalue weighted by molar-refractivity contribution is 0.354. The van der Waals surface area contributed by atoms with E-state index in [0.29, 0.717) is 6.54 Å². The second-order valence-corrected chi connectivity index (χ2v) is 4.59. The third-order valence-corrected chi connectivity index (χ3v) is 3.19. The summed E-state index contributed by atoms with van der Waals surface area (Å²) in [5.74, 6) is 2.38. The van der Waals surface area contributed by atoms with Crippen LogP contribution in [-0.2, 0) is 13.6 Å². The summed E-state index contributed by atoms with van der Waals surface area (Å²) in [4.78, 5) is 0. The zero-order chi connectivity index (χ0) is 14.5. The fourth-order valence-electron chi connectivity index (χ4n) is 2.04. The van der Waals surface area contributed by atoms with Crippen molar-refractivity contribution in [2.24, 2.45) is 7.05 Å². The monoisotopic (exact) mass is 276 g/mol. The first kappa shape index (κ1) is 14.3. The van der Waals surface area contributed by atoms with Gasteiger partial charge >= 0.3 is 0 Å². The lowest BCUT2D eigenvalue weighted by Crippen LogP contribution is -2.21. The molecular formula is C14H20N4O2. The van der Waals surface area contributed by atoms with Crippen LogP contribution < -0.4 is 14.8 Å². The van der Waals surface area contributed by atoms with Crippen molar-refractivity contribution in [3.05, 3.63) is 35.9 Å². The van der Waals surface area contributed by atoms with Crippen LogP contribution in [0.15, 0.2) is 24.5 Å². The van der Waals surface area contributed by atoms with Gasteiger partial charge in [-0.25, -0.2) is 0 Å². The summed E-state index contributed by atoms with van der Waals surface area (Å²) in [5.41, 5.74) is 1.12. The Hall–Kier alpha value is -2.08. The van der Waals surface area contributed by atoms with Crippen LogP contribution >= 0.6 is 0 Å². The van der Waals surface area contributed by atoms with E-state index < -0.39 is 0 Å². The Balaban J connectivity index is 2.02. The van der Waals surface area contributed by atoms with Gasteiger partial charge in [-0.3, -0.25) is 0 Å². The van der Waals surface area contributed by atoms with Gasteiger partial charge in [0.25, 0.3) is 0 Å². The van der Waals surface area contributed by atoms with Gasteiger partial charge in [0.15, 0.2) is 11.5 Å². The first-order valence-corrected chi connectivity index (χ1v) is 6.44. The van der Waals surface area contributed by atoms with Crippen molar-refractivity contribution in [3.63, 3.8) is 0 Å². The maximum Gasteiger partial charge on any atom is 0.161 e. The van der Waals surface area contributed by atoms with Gasteiger partial charge in [-0.05, 0) is 24.6 Å². The quantitative estimate of drug-likeness (QED) is 0.870. The SMILES string of the molecule is COc1ccc(CNC(C)c2nncn2C)cc1OC. The van der Waals surface area contributed by atoms with E-state index in [-0.39, 0.29) is 6.04 Å². The molecule has 0 bridgehead atoms. The van der Waals surface area contributed by atoms with Gasteiger partial charge in [0.1, 0.15) is 12.2 Å². The standard InChI is InChI=1S/C14H20N4O2/c1-10(14-17-16-9-18(14)2)15-8-11-5-6-12(19-3)13(7-11)20-4/h5-7,9-10,15H,8H2,1-4H3. The van der Waals surface area contributed by atoms with Crippen LogP contribution in [0.2, 0.25) is 0 Å². The molecule has 108 valence electrons. The number of rotatable bonds is 6. The predicted molar refractivity (Wildman–Crippen MR) is 75.8 cm³/mol. The molecule has 0 saturated carbocycles. The number of nitrogens with zero attached hydrogens (tertiary/aromatic N) is 3. The van der Waals surface area contributed by atoms with Crippen LogP contribution in [0, 0.1) is 0 Å². The Morgan fingerprint density at radius 1 is 1.25 bits per heavy atom. The fourth-order valence-corrected chi connectivity index (χ4v) is 2.04. The smallest absolute Gasteiger partial charge is 0.161 e. The van der Waals surface area contributed by atoms with Crippen LogP contribution in [-0.4, -0.2) is 29.0 Å². The number of aromatic nitrogens is 3. The summed E-state index contributed by atoms with van der Waals surface area (Å²) >= 11 is 0. The van der Waals surface area contributed by atoms with Crippen LogP contribution in [0.5, 0.6) is 11.5 Å². The number of aryl methyl sites for hydroxylation is 1. The number of methoxy groups -OCH3 is 2. The minimum atomic E-state index is 0.121. The van der Waals surface area contributed by atoms with Crippen molar-refractivity contribution < 1.29 is 9.47 Å². The lowest BCUT2D eigenvalue weighted by atomic mass is 10.2. The van der Waals surface area contributed by atoms with Gasteiger partial charge in [0.05, 0.1) is 20.3 Å². The molecule has 1 aromatic heterocycles. The lowest BCUT2D eigenvalue weighted by Gasteiger charge is -2.14. The number of hydrogen-bond donors (Lipinski definition) is 1. The zero-order valence-corrected chi connectivity index (χ0v) is 12.3. The Bertz CT molecular complexity index is 568. The molecule has 0 amide bonds. The molecule has 0 aliphatic rings. The summed E-state index contributed by atoms with van der Waals surface area (Å²) in [6, 6.07) is 6.01. The van der Waals surface area contributed by atoms with Crippen molar-refractivity contribution in [2.45, 2.75) is 19.5 Å². The molecule has 1 N–H and O–H groups in total. The molecule has 2 rings (SSSR count). The molecule has 0 aliphatic heterocycles. The van der Waals surface area contributed by atoms with E-state index in [0.717, 1.165) is 22.9 Å². The molecule has 0 spiro atoms. The van der Waals surface area contributed by atoms with Gasteiger partial charge in [-0.1, -0.05) is 6.07 Å². The van der Waals surface area contributed by atoms with Crippen molar-refractivity contribution in [1.82, 2.24) is 20.1 Å². The van der Waals surface area contributed by atoms with E-state index in [1.807, 2.05) is 29.8 Å². The Kier molecular flexibility index (Phi) is 4.57. The highest BCUT2D eigenvalue weighted by molar-refractivity contribution is 5.42. The number of ether oxygens (including phenoxy) is 2. The van der Waals surface area contributed by atoms with Crippen molar-refractivity contribution in [2.75, 3.05) is 14.2 Å². The van der Waals surface area contributed by atoms with Gasteiger partial charge < -0.3 is 19.4 Å². The Morgan fingerprint density at radius 3 is 2.60 bits per heavy atom. The third-order valence-electron chi connectivity index (χ3n) is 3.19. The average molecular weight is 276 g/mol. The van der Waals surface area contributed by atoms with Crippen LogP contribution in [0.25, 0.3) is 0 Å². The molecule has 1 atom stereocenters. The van der Waals surface area contributed by atoms with E-state index in [1.165, 1.54) is 0 Å². The average Bonchev–Trinajstić information content (AvgIpc) is 2.90. The maximum atomic E-state index is 5.30. The molecule has 0 fully saturated rings. The van der Waals surface area contributed by atoms with Gasteiger partial charge in [0, 0.05) is 13.6 Å². The predicted octanol–water partition coefficient (Wildman–Crippen LogP) is 1.68. The molecule has 6 heteroatoms. The number of benzene rings is 1. The first-order valence-electron chi connectivity index (χ1n) is 6.44. The zero-order valence-electron chi connectivity index (χ0n) is 12.3. The van der Waals surface area contributed by atoms with Crippen molar-refractivity contribution in [1.29, 1.82) is 0 Å². The molecule has 1 unspecified atom stereocenters. The van der Waals surface area contributed by atoms with E-state index in [2.05, 4.69) is 22.4 Å². The summed E-state index contributed by atoms with van der Waals surface area (Å²) in [6.07, 6.45) is 1.70. The Morgan fingerprint density at radius 2 is 2.00 bits per heavy atom. The van der Waals surface area contributed by atoms with E-state index in [9.17, 15) is 0 Å². The summed E-state index contributed by atoms with van der Waals surface area (Å²) in [6.45, 7) is 2.78. The molecule has 1 aromatic carbocycles. The minimum absolute atomic E-state index is 0.121. The second kappa shape index (κ2) is 6.38. The fraction of sp³-hybridized carbons (Fsp3) is 0.429. The summed E-state index contributed by atoms with van der Waals surface area (Å²) in [5, 5.41) is 11.4. The largest absolute Gasteiger partial charge is 0.493 e. The highest BCUT2D eigenvalue weighted by atomic mass is 16.5. The molecule has 2 aromatic rings. The highest BCUT2D eigenvalue weighted by Gasteiger charge is 2.11. The first-order chi connectivity index (χ1) is 9.65.